The quantitative estimate of drug-likeness (QED) is 0.818. The molecule has 0 aliphatic carbocycles. The van der Waals surface area contributed by atoms with Gasteiger partial charge in [0, 0.05) is 24.4 Å². The number of hydrogen-bond acceptors (Lipinski definition) is 3. The molecule has 100 valence electrons. The molecule has 0 bridgehead atoms. The second-order valence-electron chi connectivity index (χ2n) is 6.67. The first-order valence-electron chi connectivity index (χ1n) is 7.07. The molecule has 0 aromatic rings. The van der Waals surface area contributed by atoms with Crippen LogP contribution in [0.2, 0.25) is 0 Å². The summed E-state index contributed by atoms with van der Waals surface area (Å²) in [6, 6.07) is 0.707. The predicted molar refractivity (Wildman–Crippen MR) is 71.0 cm³/mol. The van der Waals surface area contributed by atoms with E-state index in [0.29, 0.717) is 6.04 Å². The van der Waals surface area contributed by atoms with E-state index in [1.54, 1.807) is 0 Å². The lowest BCUT2D eigenvalue weighted by atomic mass is 9.90. The average molecular weight is 240 g/mol. The minimum atomic E-state index is -0.113. The second kappa shape index (κ2) is 4.87. The summed E-state index contributed by atoms with van der Waals surface area (Å²) in [5.74, 6) is 0. The third kappa shape index (κ3) is 3.21. The molecule has 2 rings (SSSR count). The fraction of sp³-hybridized carbons (Fsp3) is 1.00. The molecule has 2 aliphatic rings. The number of nitrogens with one attached hydrogen (secondary N) is 1. The molecule has 0 aromatic carbocycles. The van der Waals surface area contributed by atoms with Crippen LogP contribution in [0.1, 0.15) is 47.0 Å². The van der Waals surface area contributed by atoms with Gasteiger partial charge in [0.2, 0.25) is 0 Å². The Kier molecular flexibility index (Phi) is 3.81. The lowest BCUT2D eigenvalue weighted by Gasteiger charge is -2.44. The summed E-state index contributed by atoms with van der Waals surface area (Å²) >= 11 is 0. The second-order valence-corrected chi connectivity index (χ2v) is 6.67. The Hall–Kier alpha value is -0.120. The van der Waals surface area contributed by atoms with Gasteiger partial charge in [0.15, 0.2) is 0 Å². The summed E-state index contributed by atoms with van der Waals surface area (Å²) in [5.41, 5.74) is 0.164. The highest BCUT2D eigenvalue weighted by Gasteiger charge is 2.38. The van der Waals surface area contributed by atoms with Crippen molar-refractivity contribution in [3.8, 4) is 0 Å². The van der Waals surface area contributed by atoms with Gasteiger partial charge < -0.3 is 9.64 Å². The Morgan fingerprint density at radius 3 is 2.71 bits per heavy atom. The van der Waals surface area contributed by atoms with Gasteiger partial charge in [0.05, 0.1) is 6.61 Å². The van der Waals surface area contributed by atoms with E-state index in [4.69, 9.17) is 4.74 Å². The van der Waals surface area contributed by atoms with E-state index >= 15 is 0 Å². The number of likely N-dealkylation sites (tertiary alicyclic amines) is 1. The van der Waals surface area contributed by atoms with E-state index in [2.05, 4.69) is 37.9 Å². The predicted octanol–water partition coefficient (Wildman–Crippen LogP) is 2.22. The smallest absolute Gasteiger partial charge is 0.117 e. The van der Waals surface area contributed by atoms with E-state index in [0.717, 1.165) is 19.6 Å². The fourth-order valence-electron chi connectivity index (χ4n) is 3.01. The van der Waals surface area contributed by atoms with E-state index in [1.807, 2.05) is 0 Å². The highest BCUT2D eigenvalue weighted by molar-refractivity contribution is 4.90. The van der Waals surface area contributed by atoms with Gasteiger partial charge in [-0.05, 0) is 32.9 Å². The van der Waals surface area contributed by atoms with E-state index in [9.17, 15) is 0 Å². The zero-order chi connectivity index (χ0) is 12.5. The van der Waals surface area contributed by atoms with Crippen molar-refractivity contribution in [3.05, 3.63) is 0 Å². The molecular formula is C14H28N2O. The maximum absolute atomic E-state index is 6.10. The Balaban J connectivity index is 1.90. The van der Waals surface area contributed by atoms with Crippen LogP contribution < -0.4 is 5.32 Å². The van der Waals surface area contributed by atoms with E-state index in [1.165, 1.54) is 25.9 Å². The molecule has 3 nitrogen and oxygen atoms in total. The van der Waals surface area contributed by atoms with Crippen molar-refractivity contribution >= 4 is 0 Å². The van der Waals surface area contributed by atoms with Crippen LogP contribution >= 0.6 is 0 Å². The third-order valence-electron chi connectivity index (χ3n) is 4.25. The van der Waals surface area contributed by atoms with Crippen molar-refractivity contribution in [3.63, 3.8) is 0 Å². The topological polar surface area (TPSA) is 24.5 Å². The van der Waals surface area contributed by atoms with Gasteiger partial charge >= 0.3 is 0 Å². The van der Waals surface area contributed by atoms with Crippen LogP contribution in [-0.2, 0) is 4.74 Å². The van der Waals surface area contributed by atoms with Gasteiger partial charge in [-0.2, -0.15) is 0 Å². The molecule has 2 atom stereocenters. The zero-order valence-electron chi connectivity index (χ0n) is 11.9. The summed E-state index contributed by atoms with van der Waals surface area (Å²) in [7, 11) is 0. The van der Waals surface area contributed by atoms with Crippen molar-refractivity contribution in [2.24, 2.45) is 5.41 Å². The number of rotatable bonds is 3. The molecule has 2 fully saturated rings. The molecular weight excluding hydrogens is 212 g/mol. The Bertz CT molecular complexity index is 255. The average Bonchev–Trinajstić information content (AvgIpc) is 2.70. The Labute approximate surface area is 106 Å². The molecule has 1 N–H and O–H groups in total. The van der Waals surface area contributed by atoms with Gasteiger partial charge in [0.1, 0.15) is 5.72 Å². The minimum Gasteiger partial charge on any atom is -0.360 e. The molecule has 0 aromatic heterocycles. The van der Waals surface area contributed by atoms with Gasteiger partial charge in [-0.25, -0.2) is 0 Å². The van der Waals surface area contributed by atoms with Crippen LogP contribution in [0.3, 0.4) is 0 Å². The largest absolute Gasteiger partial charge is 0.360 e. The van der Waals surface area contributed by atoms with Gasteiger partial charge in [-0.1, -0.05) is 20.8 Å². The van der Waals surface area contributed by atoms with Crippen LogP contribution in [0.5, 0.6) is 0 Å². The zero-order valence-corrected chi connectivity index (χ0v) is 11.9. The Morgan fingerprint density at radius 2 is 2.12 bits per heavy atom. The van der Waals surface area contributed by atoms with Gasteiger partial charge in [-0.15, -0.1) is 0 Å². The van der Waals surface area contributed by atoms with Crippen LogP contribution in [-0.4, -0.2) is 42.9 Å². The molecule has 3 heteroatoms. The molecule has 0 amide bonds. The van der Waals surface area contributed by atoms with Crippen molar-refractivity contribution < 1.29 is 4.74 Å². The lowest BCUT2D eigenvalue weighted by Crippen LogP contribution is -2.57. The molecule has 17 heavy (non-hydrogen) atoms. The SMILES string of the molecule is CCN1CCCC1CC1(C)NCC(C)(C)CO1. The van der Waals surface area contributed by atoms with Crippen molar-refractivity contribution in [2.75, 3.05) is 26.2 Å². The standard InChI is InChI=1S/C14H28N2O/c1-5-16-8-6-7-12(16)9-14(4)15-10-13(2,3)11-17-14/h12,15H,5-11H2,1-4H3. The molecule has 0 radical (unpaired) electrons. The van der Waals surface area contributed by atoms with Crippen LogP contribution in [0.15, 0.2) is 0 Å². The van der Waals surface area contributed by atoms with Crippen molar-refractivity contribution in [2.45, 2.75) is 58.7 Å². The highest BCUT2D eigenvalue weighted by atomic mass is 16.5. The van der Waals surface area contributed by atoms with E-state index in [-0.39, 0.29) is 11.1 Å². The maximum Gasteiger partial charge on any atom is 0.117 e. The molecule has 2 aliphatic heterocycles. The lowest BCUT2D eigenvalue weighted by molar-refractivity contribution is -0.137. The monoisotopic (exact) mass is 240 g/mol. The van der Waals surface area contributed by atoms with Crippen LogP contribution in [0, 0.1) is 5.41 Å². The van der Waals surface area contributed by atoms with Crippen molar-refractivity contribution in [1.29, 1.82) is 0 Å². The summed E-state index contributed by atoms with van der Waals surface area (Å²) in [4.78, 5) is 2.59. The highest BCUT2D eigenvalue weighted by Crippen LogP contribution is 2.31. The number of ether oxygens (including phenoxy) is 1. The molecule has 2 heterocycles. The number of nitrogens with zero attached hydrogens (tertiary/aromatic N) is 1. The first kappa shape index (κ1) is 13.3. The van der Waals surface area contributed by atoms with Crippen molar-refractivity contribution in [1.82, 2.24) is 10.2 Å². The minimum absolute atomic E-state index is 0.113. The maximum atomic E-state index is 6.10. The summed E-state index contributed by atoms with van der Waals surface area (Å²) < 4.78 is 6.10. The van der Waals surface area contributed by atoms with Gasteiger partial charge in [-0.3, -0.25) is 5.32 Å². The summed E-state index contributed by atoms with van der Waals surface area (Å²) in [6.45, 7) is 13.4. The normalized spacial score (nSPS) is 38.5. The van der Waals surface area contributed by atoms with E-state index < -0.39 is 0 Å². The molecule has 2 saturated heterocycles. The van der Waals surface area contributed by atoms with Crippen LogP contribution in [0.25, 0.3) is 0 Å². The fourth-order valence-corrected chi connectivity index (χ4v) is 3.01. The third-order valence-corrected chi connectivity index (χ3v) is 4.25. The van der Waals surface area contributed by atoms with Gasteiger partial charge in [0.25, 0.3) is 0 Å². The first-order valence-corrected chi connectivity index (χ1v) is 7.07. The molecule has 2 unspecified atom stereocenters. The molecule has 0 spiro atoms. The first-order chi connectivity index (χ1) is 7.94. The summed E-state index contributed by atoms with van der Waals surface area (Å²) in [5, 5.41) is 3.61. The molecule has 0 saturated carbocycles. The van der Waals surface area contributed by atoms with Crippen LogP contribution in [0.4, 0.5) is 0 Å². The Morgan fingerprint density at radius 1 is 1.35 bits per heavy atom. The summed E-state index contributed by atoms with van der Waals surface area (Å²) in [6.07, 6.45) is 3.80. The number of hydrogen-bond donors (Lipinski definition) is 1.